The van der Waals surface area contributed by atoms with Crippen LogP contribution < -0.4 is 10.5 Å². The van der Waals surface area contributed by atoms with Crippen molar-refractivity contribution in [3.8, 4) is 0 Å². The maximum atomic E-state index is 12.4. The van der Waals surface area contributed by atoms with E-state index in [9.17, 15) is 8.42 Å². The van der Waals surface area contributed by atoms with E-state index in [1.165, 1.54) is 4.68 Å². The lowest BCUT2D eigenvalue weighted by atomic mass is 10.3. The van der Waals surface area contributed by atoms with Crippen LogP contribution in [0.4, 0.5) is 11.5 Å². The summed E-state index contributed by atoms with van der Waals surface area (Å²) in [7, 11) is -2.09. The molecule has 0 saturated heterocycles. The molecule has 1 heterocycles. The zero-order valence-electron chi connectivity index (χ0n) is 10.4. The molecule has 102 valence electrons. The highest BCUT2D eigenvalue weighted by atomic mass is 127. The standard InChI is InChI=1S/C11H13IN4O2S/c1-7-10(11(13)14-16(7)2)19(17,18)15-9-6-4-3-5-8(9)12/h3-6,15H,1-2H3,(H2,13,14). The van der Waals surface area contributed by atoms with Gasteiger partial charge in [0.2, 0.25) is 0 Å². The maximum absolute atomic E-state index is 12.4. The lowest BCUT2D eigenvalue weighted by Gasteiger charge is -2.09. The molecule has 0 aliphatic heterocycles. The Morgan fingerprint density at radius 1 is 1.37 bits per heavy atom. The molecule has 0 atom stereocenters. The van der Waals surface area contributed by atoms with Crippen LogP contribution in [-0.4, -0.2) is 18.2 Å². The van der Waals surface area contributed by atoms with Crippen LogP contribution in [0.15, 0.2) is 29.2 Å². The Morgan fingerprint density at radius 2 is 2.00 bits per heavy atom. The summed E-state index contributed by atoms with van der Waals surface area (Å²) >= 11 is 2.06. The molecule has 0 bridgehead atoms. The van der Waals surface area contributed by atoms with Crippen LogP contribution in [0.2, 0.25) is 0 Å². The lowest BCUT2D eigenvalue weighted by Crippen LogP contribution is -2.16. The van der Waals surface area contributed by atoms with E-state index in [0.29, 0.717) is 11.4 Å². The zero-order chi connectivity index (χ0) is 14.2. The highest BCUT2D eigenvalue weighted by Crippen LogP contribution is 2.26. The van der Waals surface area contributed by atoms with Gasteiger partial charge in [0, 0.05) is 10.6 Å². The number of anilines is 2. The van der Waals surface area contributed by atoms with Gasteiger partial charge in [0.15, 0.2) is 10.7 Å². The fraction of sp³-hybridized carbons (Fsp3) is 0.182. The van der Waals surface area contributed by atoms with Crippen LogP contribution in [0, 0.1) is 10.5 Å². The summed E-state index contributed by atoms with van der Waals surface area (Å²) in [5, 5.41) is 3.91. The van der Waals surface area contributed by atoms with Crippen molar-refractivity contribution in [1.29, 1.82) is 0 Å². The Bertz CT molecular complexity index is 724. The molecule has 0 saturated carbocycles. The monoisotopic (exact) mass is 392 g/mol. The number of para-hydroxylation sites is 1. The number of nitrogen functional groups attached to an aromatic ring is 1. The Hall–Kier alpha value is -1.29. The number of hydrogen-bond donors (Lipinski definition) is 2. The van der Waals surface area contributed by atoms with E-state index in [-0.39, 0.29) is 10.7 Å². The SMILES string of the molecule is Cc1c(S(=O)(=O)Nc2ccccc2I)c(N)nn1C. The van der Waals surface area contributed by atoms with Crippen molar-refractivity contribution in [3.05, 3.63) is 33.5 Å². The van der Waals surface area contributed by atoms with Crippen LogP contribution in [0.25, 0.3) is 0 Å². The predicted octanol–water partition coefficient (Wildman–Crippen LogP) is 1.72. The molecule has 3 N–H and O–H groups in total. The molecule has 2 aromatic rings. The van der Waals surface area contributed by atoms with Gasteiger partial charge in [0.1, 0.15) is 0 Å². The Balaban J connectivity index is 2.47. The van der Waals surface area contributed by atoms with Gasteiger partial charge in [0.25, 0.3) is 10.0 Å². The molecule has 1 aromatic heterocycles. The topological polar surface area (TPSA) is 90.0 Å². The molecule has 2 rings (SSSR count). The number of nitrogens with two attached hydrogens (primary N) is 1. The maximum Gasteiger partial charge on any atom is 0.267 e. The third-order valence-electron chi connectivity index (χ3n) is 2.69. The molecule has 6 nitrogen and oxygen atoms in total. The van der Waals surface area contributed by atoms with Gasteiger partial charge in [-0.15, -0.1) is 0 Å². The van der Waals surface area contributed by atoms with Crippen LogP contribution in [-0.2, 0) is 17.1 Å². The molecule has 0 unspecified atom stereocenters. The van der Waals surface area contributed by atoms with E-state index < -0.39 is 10.0 Å². The molecule has 0 radical (unpaired) electrons. The van der Waals surface area contributed by atoms with E-state index in [2.05, 4.69) is 32.4 Å². The summed E-state index contributed by atoms with van der Waals surface area (Å²) < 4.78 is 29.5. The number of benzene rings is 1. The number of nitrogens with zero attached hydrogens (tertiary/aromatic N) is 2. The van der Waals surface area contributed by atoms with E-state index in [1.807, 2.05) is 12.1 Å². The molecule has 0 spiro atoms. The number of halogens is 1. The molecular formula is C11H13IN4O2S. The van der Waals surface area contributed by atoms with E-state index in [0.717, 1.165) is 3.57 Å². The molecule has 0 aliphatic carbocycles. The first-order chi connectivity index (χ1) is 8.83. The van der Waals surface area contributed by atoms with Crippen molar-refractivity contribution in [2.24, 2.45) is 7.05 Å². The fourth-order valence-corrected chi connectivity index (χ4v) is 3.80. The average Bonchev–Trinajstić information content (AvgIpc) is 2.56. The fourth-order valence-electron chi connectivity index (χ4n) is 1.69. The van der Waals surface area contributed by atoms with Gasteiger partial charge in [-0.1, -0.05) is 12.1 Å². The summed E-state index contributed by atoms with van der Waals surface area (Å²) in [4.78, 5) is 0.0228. The second-order valence-corrected chi connectivity index (χ2v) is 6.79. The van der Waals surface area contributed by atoms with Crippen molar-refractivity contribution in [3.63, 3.8) is 0 Å². The van der Waals surface area contributed by atoms with Gasteiger partial charge in [-0.25, -0.2) is 8.42 Å². The van der Waals surface area contributed by atoms with E-state index in [4.69, 9.17) is 5.73 Å². The Morgan fingerprint density at radius 3 is 2.53 bits per heavy atom. The van der Waals surface area contributed by atoms with Crippen LogP contribution in [0.1, 0.15) is 5.69 Å². The van der Waals surface area contributed by atoms with Gasteiger partial charge in [0.05, 0.1) is 11.4 Å². The molecule has 1 aromatic carbocycles. The van der Waals surface area contributed by atoms with Crippen LogP contribution in [0.5, 0.6) is 0 Å². The first kappa shape index (κ1) is 14.1. The summed E-state index contributed by atoms with van der Waals surface area (Å²) in [5.74, 6) is -0.00145. The minimum Gasteiger partial charge on any atom is -0.381 e. The third kappa shape index (κ3) is 2.68. The minimum atomic E-state index is -3.74. The molecule has 8 heteroatoms. The number of aryl methyl sites for hydroxylation is 1. The predicted molar refractivity (Wildman–Crippen MR) is 82.3 cm³/mol. The van der Waals surface area contributed by atoms with Crippen molar-refractivity contribution < 1.29 is 8.42 Å². The second-order valence-electron chi connectivity index (χ2n) is 4.01. The van der Waals surface area contributed by atoms with Crippen molar-refractivity contribution >= 4 is 44.1 Å². The molecule has 0 fully saturated rings. The second kappa shape index (κ2) is 5.00. The van der Waals surface area contributed by atoms with Crippen molar-refractivity contribution in [1.82, 2.24) is 9.78 Å². The van der Waals surface area contributed by atoms with Gasteiger partial charge in [-0.3, -0.25) is 9.40 Å². The first-order valence-electron chi connectivity index (χ1n) is 5.39. The highest BCUT2D eigenvalue weighted by molar-refractivity contribution is 14.1. The summed E-state index contributed by atoms with van der Waals surface area (Å²) in [6, 6.07) is 7.11. The first-order valence-corrected chi connectivity index (χ1v) is 7.95. The van der Waals surface area contributed by atoms with Crippen molar-refractivity contribution in [2.45, 2.75) is 11.8 Å². The van der Waals surface area contributed by atoms with Crippen LogP contribution in [0.3, 0.4) is 0 Å². The quantitative estimate of drug-likeness (QED) is 0.779. The van der Waals surface area contributed by atoms with Gasteiger partial charge < -0.3 is 5.73 Å². The van der Waals surface area contributed by atoms with Crippen molar-refractivity contribution in [2.75, 3.05) is 10.5 Å². The Labute approximate surface area is 125 Å². The smallest absolute Gasteiger partial charge is 0.267 e. The highest BCUT2D eigenvalue weighted by Gasteiger charge is 2.25. The molecule has 0 amide bonds. The molecule has 19 heavy (non-hydrogen) atoms. The van der Waals surface area contributed by atoms with Gasteiger partial charge in [-0.05, 0) is 41.6 Å². The minimum absolute atomic E-state index is 0.00145. The largest absolute Gasteiger partial charge is 0.381 e. The molecular weight excluding hydrogens is 379 g/mol. The molecule has 0 aliphatic rings. The van der Waals surface area contributed by atoms with E-state index >= 15 is 0 Å². The summed E-state index contributed by atoms with van der Waals surface area (Å²) in [6.45, 7) is 1.66. The summed E-state index contributed by atoms with van der Waals surface area (Å²) in [5.41, 5.74) is 6.68. The third-order valence-corrected chi connectivity index (χ3v) is 5.16. The van der Waals surface area contributed by atoms with Gasteiger partial charge in [-0.2, -0.15) is 5.10 Å². The Kier molecular flexibility index (Phi) is 3.72. The number of aromatic nitrogens is 2. The number of sulfonamides is 1. The lowest BCUT2D eigenvalue weighted by molar-refractivity contribution is 0.600. The summed E-state index contributed by atoms with van der Waals surface area (Å²) in [6.07, 6.45) is 0. The number of hydrogen-bond acceptors (Lipinski definition) is 4. The van der Waals surface area contributed by atoms with Gasteiger partial charge >= 0.3 is 0 Å². The number of rotatable bonds is 3. The average molecular weight is 392 g/mol. The normalized spacial score (nSPS) is 11.5. The number of nitrogens with one attached hydrogen (secondary N) is 1. The van der Waals surface area contributed by atoms with Crippen LogP contribution >= 0.6 is 22.6 Å². The zero-order valence-corrected chi connectivity index (χ0v) is 13.4. The van der Waals surface area contributed by atoms with E-state index in [1.54, 1.807) is 26.1 Å².